The number of carbonyl (C=O) groups is 4. The third-order valence-corrected chi connectivity index (χ3v) is 14.6. The van der Waals surface area contributed by atoms with E-state index in [1.165, 1.54) is 35.6 Å². The van der Waals surface area contributed by atoms with Crippen LogP contribution in [0, 0.1) is 11.3 Å². The van der Waals surface area contributed by atoms with Gasteiger partial charge in [-0.25, -0.2) is 22.4 Å². The fourth-order valence-corrected chi connectivity index (χ4v) is 10.6. The number of carbonyl (C=O) groups excluding carboxylic acids is 4. The van der Waals surface area contributed by atoms with Crippen molar-refractivity contribution in [3.63, 3.8) is 0 Å². The van der Waals surface area contributed by atoms with Crippen LogP contribution >= 0.6 is 11.3 Å². The highest BCUT2D eigenvalue weighted by molar-refractivity contribution is 7.91. The number of methoxy groups -OCH3 is 1. The SMILES string of the molecule is C=CC1C[C@]1(NC(=O)[C@@H]1C[C@@H](Oc2nccc3c(S(=O)c4cccs4)c(OC)ccc23)CN1C(=O)[C@@H](NC(=O)OC(C)(C)C)C(C)(C)C)C(=O)NS(=O)(=O)C1CC1. The Morgan fingerprint density at radius 1 is 1.09 bits per heavy atom. The second kappa shape index (κ2) is 15.7. The molecule has 1 aromatic carbocycles. The van der Waals surface area contributed by atoms with Gasteiger partial charge in [-0.1, -0.05) is 32.9 Å². The molecule has 308 valence electrons. The van der Waals surface area contributed by atoms with Crippen molar-refractivity contribution in [1.29, 1.82) is 0 Å². The third-order valence-electron chi connectivity index (χ3n) is 10.1. The number of fused-ring (bicyclic) bond motifs is 1. The highest BCUT2D eigenvalue weighted by atomic mass is 32.2. The molecule has 57 heavy (non-hydrogen) atoms. The largest absolute Gasteiger partial charge is 0.495 e. The van der Waals surface area contributed by atoms with Crippen LogP contribution in [0.5, 0.6) is 11.6 Å². The molecule has 0 bridgehead atoms. The van der Waals surface area contributed by atoms with Crippen LogP contribution in [0.25, 0.3) is 10.8 Å². The third kappa shape index (κ3) is 8.97. The van der Waals surface area contributed by atoms with Gasteiger partial charge in [-0.05, 0) is 75.1 Å². The van der Waals surface area contributed by atoms with Gasteiger partial charge in [-0.3, -0.25) is 19.1 Å². The minimum absolute atomic E-state index is 0.0556. The molecule has 2 saturated carbocycles. The maximum Gasteiger partial charge on any atom is 0.408 e. The molecule has 3 fully saturated rings. The van der Waals surface area contributed by atoms with Crippen LogP contribution in [0.3, 0.4) is 0 Å². The van der Waals surface area contributed by atoms with E-state index in [1.54, 1.807) is 65.8 Å². The Morgan fingerprint density at radius 2 is 1.81 bits per heavy atom. The van der Waals surface area contributed by atoms with Crippen LogP contribution in [0.1, 0.15) is 67.2 Å². The number of thiophene rings is 1. The minimum atomic E-state index is -3.93. The lowest BCUT2D eigenvalue weighted by molar-refractivity contribution is -0.143. The quantitative estimate of drug-likeness (QED) is 0.206. The van der Waals surface area contributed by atoms with E-state index in [4.69, 9.17) is 14.2 Å². The zero-order valence-corrected chi connectivity index (χ0v) is 35.4. The molecule has 3 aliphatic rings. The zero-order chi connectivity index (χ0) is 41.7. The van der Waals surface area contributed by atoms with E-state index in [2.05, 4.69) is 26.9 Å². The highest BCUT2D eigenvalue weighted by Gasteiger charge is 2.62. The van der Waals surface area contributed by atoms with E-state index in [1.807, 2.05) is 11.4 Å². The van der Waals surface area contributed by atoms with Crippen molar-refractivity contribution in [1.82, 2.24) is 25.2 Å². The van der Waals surface area contributed by atoms with E-state index < -0.39 is 90.5 Å². The molecule has 0 spiro atoms. The van der Waals surface area contributed by atoms with Crippen LogP contribution < -0.4 is 24.8 Å². The zero-order valence-electron chi connectivity index (χ0n) is 32.9. The number of hydrogen-bond acceptors (Lipinski definition) is 12. The first-order chi connectivity index (χ1) is 26.7. The van der Waals surface area contributed by atoms with Crippen molar-refractivity contribution in [2.45, 2.75) is 111 Å². The second-order valence-electron chi connectivity index (χ2n) is 16.6. The molecule has 2 unspecified atom stereocenters. The molecule has 0 radical (unpaired) electrons. The number of hydrogen-bond donors (Lipinski definition) is 3. The maximum atomic E-state index is 14.6. The maximum absolute atomic E-state index is 14.6. The molecule has 3 aromatic rings. The molecule has 4 amide bonds. The molecule has 3 N–H and O–H groups in total. The van der Waals surface area contributed by atoms with Gasteiger partial charge in [0.1, 0.15) is 35.1 Å². The first kappa shape index (κ1) is 42.1. The average molecular weight is 844 g/mol. The number of sulfonamides is 1. The summed E-state index contributed by atoms with van der Waals surface area (Å²) < 4.78 is 59.6. The van der Waals surface area contributed by atoms with Crippen LogP contribution in [-0.2, 0) is 39.9 Å². The van der Waals surface area contributed by atoms with Gasteiger partial charge in [-0.2, -0.15) is 0 Å². The van der Waals surface area contributed by atoms with Gasteiger partial charge < -0.3 is 29.7 Å². The summed E-state index contributed by atoms with van der Waals surface area (Å²) in [6.07, 6.45) is 2.27. The number of nitrogens with zero attached hydrogens (tertiary/aromatic N) is 2. The summed E-state index contributed by atoms with van der Waals surface area (Å²) in [7, 11) is -4.04. The summed E-state index contributed by atoms with van der Waals surface area (Å²) in [6.45, 7) is 14.0. The second-order valence-corrected chi connectivity index (χ2v) is 21.2. The fourth-order valence-electron chi connectivity index (χ4n) is 6.89. The van der Waals surface area contributed by atoms with Crippen molar-refractivity contribution in [3.8, 4) is 11.6 Å². The summed E-state index contributed by atoms with van der Waals surface area (Å²) in [4.78, 5) is 61.8. The van der Waals surface area contributed by atoms with E-state index in [-0.39, 0.29) is 25.3 Å². The van der Waals surface area contributed by atoms with Crippen LogP contribution in [0.15, 0.2) is 63.7 Å². The van der Waals surface area contributed by atoms with Gasteiger partial charge in [0.25, 0.3) is 5.91 Å². The summed E-state index contributed by atoms with van der Waals surface area (Å²) in [6, 6.07) is 6.31. The number of pyridine rings is 1. The summed E-state index contributed by atoms with van der Waals surface area (Å²) >= 11 is 1.35. The molecular formula is C39H49N5O10S3. The molecule has 3 heterocycles. The molecule has 15 nitrogen and oxygen atoms in total. The van der Waals surface area contributed by atoms with Gasteiger partial charge >= 0.3 is 6.09 Å². The monoisotopic (exact) mass is 843 g/mol. The van der Waals surface area contributed by atoms with E-state index >= 15 is 0 Å². The highest BCUT2D eigenvalue weighted by Crippen LogP contribution is 2.46. The van der Waals surface area contributed by atoms with Crippen LogP contribution in [-0.4, -0.2) is 94.6 Å². The number of ether oxygens (including phenoxy) is 3. The first-order valence-electron chi connectivity index (χ1n) is 18.6. The van der Waals surface area contributed by atoms with Crippen molar-refractivity contribution in [2.75, 3.05) is 13.7 Å². The number of alkyl carbamates (subject to hydrolysis) is 1. The Balaban J connectivity index is 1.33. The van der Waals surface area contributed by atoms with Gasteiger partial charge in [0.15, 0.2) is 0 Å². The Kier molecular flexibility index (Phi) is 11.6. The summed E-state index contributed by atoms with van der Waals surface area (Å²) in [5, 5.41) is 7.72. The molecule has 2 aliphatic carbocycles. The van der Waals surface area contributed by atoms with Crippen LogP contribution in [0.4, 0.5) is 4.79 Å². The normalized spacial score (nSPS) is 23.2. The molecule has 1 saturated heterocycles. The van der Waals surface area contributed by atoms with E-state index in [9.17, 15) is 31.8 Å². The topological polar surface area (TPSA) is 199 Å². The Labute approximate surface area is 338 Å². The Morgan fingerprint density at radius 3 is 2.39 bits per heavy atom. The predicted molar refractivity (Wildman–Crippen MR) is 214 cm³/mol. The predicted octanol–water partition coefficient (Wildman–Crippen LogP) is 4.43. The average Bonchev–Trinajstić information content (AvgIpc) is 4.00. The minimum Gasteiger partial charge on any atom is -0.495 e. The van der Waals surface area contributed by atoms with Gasteiger partial charge in [0.05, 0.1) is 38.8 Å². The molecule has 1 aliphatic heterocycles. The lowest BCUT2D eigenvalue weighted by atomic mass is 9.85. The van der Waals surface area contributed by atoms with Crippen molar-refractivity contribution < 1.29 is 46.0 Å². The standard InChI is InChI=1S/C39H49N5O10S3/c1-9-22-20-39(22,35(47)43-57(50,51)24-12-13-24)42-32(45)27-19-23(21-44(27)34(46)31(37(2,3)4)41-36(48)54-38(5,6)7)53-33-26-14-15-28(52-8)30(25(26)16-17-40-33)56(49)29-11-10-18-55-29/h9-11,14-18,22-24,27,31H,1,12-13,19-21H2,2-8H3,(H,41,48)(H,42,45)(H,43,47)/t22?,23-,27+,31-,39-,56?/m1/s1. The van der Waals surface area contributed by atoms with Gasteiger partial charge in [0, 0.05) is 29.3 Å². The molecule has 2 aromatic heterocycles. The number of nitrogens with one attached hydrogen (secondary N) is 3. The van der Waals surface area contributed by atoms with Gasteiger partial charge in [-0.15, -0.1) is 17.9 Å². The molecule has 6 atom stereocenters. The van der Waals surface area contributed by atoms with Gasteiger partial charge in [0.2, 0.25) is 27.7 Å². The van der Waals surface area contributed by atoms with Crippen LogP contribution in [0.2, 0.25) is 0 Å². The molecule has 18 heteroatoms. The summed E-state index contributed by atoms with van der Waals surface area (Å²) in [5.74, 6) is -2.18. The smallest absolute Gasteiger partial charge is 0.408 e. The lowest BCUT2D eigenvalue weighted by Crippen LogP contribution is -2.60. The Bertz CT molecular complexity index is 2210. The van der Waals surface area contributed by atoms with Crippen molar-refractivity contribution in [3.05, 3.63) is 54.6 Å². The number of rotatable bonds is 13. The lowest BCUT2D eigenvalue weighted by Gasteiger charge is -2.36. The first-order valence-corrected chi connectivity index (χ1v) is 22.1. The molecule has 6 rings (SSSR count). The molecular weight excluding hydrogens is 795 g/mol. The van der Waals surface area contributed by atoms with Crippen molar-refractivity contribution >= 4 is 66.7 Å². The Hall–Kier alpha value is -4.55. The number of likely N-dealkylation sites (tertiary alicyclic amines) is 1. The van der Waals surface area contributed by atoms with E-state index in [0.717, 1.165) is 0 Å². The fraction of sp³-hybridized carbons (Fsp3) is 0.513. The summed E-state index contributed by atoms with van der Waals surface area (Å²) in [5.41, 5.74) is -3.32. The number of aromatic nitrogens is 1. The van der Waals surface area contributed by atoms with E-state index in [0.29, 0.717) is 38.5 Å². The number of benzene rings is 1. The number of amides is 4. The van der Waals surface area contributed by atoms with Crippen molar-refractivity contribution in [2.24, 2.45) is 11.3 Å².